The van der Waals surface area contributed by atoms with Crippen molar-refractivity contribution in [1.82, 2.24) is 0 Å². The second-order valence-corrected chi connectivity index (χ2v) is 12.4. The van der Waals surface area contributed by atoms with E-state index in [1.165, 1.54) is 56.9 Å². The highest BCUT2D eigenvalue weighted by molar-refractivity contribution is 6.84. The molecule has 0 aromatic rings. The van der Waals surface area contributed by atoms with E-state index in [1.807, 2.05) is 0 Å². The molecule has 0 bridgehead atoms. The van der Waals surface area contributed by atoms with Crippen LogP contribution >= 0.6 is 0 Å². The van der Waals surface area contributed by atoms with Crippen molar-refractivity contribution >= 4 is 8.07 Å². The van der Waals surface area contributed by atoms with Gasteiger partial charge in [-0.2, -0.15) is 0 Å². The standard InChI is InChI=1S/C19H31Si/c1-6-7-8-9-11-17-14-16-12-10-13-18(16)15(2)19(17)20(3,4)5/h14H,2,6-13H2,1,3-5H3. The number of allylic oxidation sites excluding steroid dienone is 5. The Balaban J connectivity index is 2.22. The fourth-order valence-electron chi connectivity index (χ4n) is 3.77. The topological polar surface area (TPSA) is 0 Å². The first-order valence-corrected chi connectivity index (χ1v) is 11.9. The molecule has 2 aliphatic rings. The lowest BCUT2D eigenvalue weighted by Gasteiger charge is -2.33. The fraction of sp³-hybridized carbons (Fsp3) is 0.632. The Kier molecular flexibility index (Phi) is 5.12. The highest BCUT2D eigenvalue weighted by Gasteiger charge is 2.35. The number of hydrogen-bond acceptors (Lipinski definition) is 0. The summed E-state index contributed by atoms with van der Waals surface area (Å²) in [5.74, 6) is 1.60. The molecule has 0 heterocycles. The van der Waals surface area contributed by atoms with Gasteiger partial charge in [-0.3, -0.25) is 0 Å². The van der Waals surface area contributed by atoms with E-state index >= 15 is 0 Å². The second-order valence-electron chi connectivity index (χ2n) is 7.44. The summed E-state index contributed by atoms with van der Waals surface area (Å²) in [4.78, 5) is 0. The van der Waals surface area contributed by atoms with E-state index in [4.69, 9.17) is 0 Å². The van der Waals surface area contributed by atoms with Crippen molar-refractivity contribution in [1.29, 1.82) is 0 Å². The highest BCUT2D eigenvalue weighted by atomic mass is 28.3. The van der Waals surface area contributed by atoms with E-state index in [1.54, 1.807) is 22.3 Å². The molecule has 1 radical (unpaired) electrons. The van der Waals surface area contributed by atoms with Gasteiger partial charge in [0, 0.05) is 5.92 Å². The average Bonchev–Trinajstić information content (AvgIpc) is 2.81. The third-order valence-corrected chi connectivity index (χ3v) is 6.77. The monoisotopic (exact) mass is 287 g/mol. The molecule has 0 amide bonds. The van der Waals surface area contributed by atoms with Gasteiger partial charge in [0.1, 0.15) is 0 Å². The fourth-order valence-corrected chi connectivity index (χ4v) is 5.99. The summed E-state index contributed by atoms with van der Waals surface area (Å²) < 4.78 is 0. The zero-order chi connectivity index (χ0) is 14.8. The number of hydrogen-bond donors (Lipinski definition) is 0. The lowest BCUT2D eigenvalue weighted by Crippen LogP contribution is -2.30. The molecule has 0 N–H and O–H groups in total. The zero-order valence-corrected chi connectivity index (χ0v) is 14.9. The maximum Gasteiger partial charge on any atom is 0.0783 e. The lowest BCUT2D eigenvalue weighted by molar-refractivity contribution is 0.666. The van der Waals surface area contributed by atoms with Crippen molar-refractivity contribution in [2.75, 3.05) is 0 Å². The molecule has 1 heteroatoms. The van der Waals surface area contributed by atoms with Crippen LogP contribution in [0.3, 0.4) is 0 Å². The van der Waals surface area contributed by atoms with Gasteiger partial charge in [-0.15, -0.1) is 0 Å². The largest absolute Gasteiger partial charge is 0.0950 e. The SMILES string of the molecule is C=C1[C]2CCCC2=CC(CCCCCC)=C1[Si](C)(C)C. The summed E-state index contributed by atoms with van der Waals surface area (Å²) in [6, 6.07) is 0. The van der Waals surface area contributed by atoms with Crippen LogP contribution in [0.4, 0.5) is 0 Å². The molecule has 0 unspecified atom stereocenters. The molecule has 0 saturated heterocycles. The molecule has 111 valence electrons. The Morgan fingerprint density at radius 3 is 2.50 bits per heavy atom. The van der Waals surface area contributed by atoms with Crippen LogP contribution in [0.1, 0.15) is 58.3 Å². The Labute approximate surface area is 127 Å². The third-order valence-electron chi connectivity index (χ3n) is 4.65. The Bertz CT molecular complexity index is 431. The first-order chi connectivity index (χ1) is 9.45. The molecule has 1 fully saturated rings. The minimum absolute atomic E-state index is 1.27. The molecule has 0 spiro atoms. The highest BCUT2D eigenvalue weighted by Crippen LogP contribution is 2.47. The molecule has 0 nitrogen and oxygen atoms in total. The molecule has 0 atom stereocenters. The van der Waals surface area contributed by atoms with E-state index in [-0.39, 0.29) is 0 Å². The van der Waals surface area contributed by atoms with Crippen molar-refractivity contribution < 1.29 is 0 Å². The van der Waals surface area contributed by atoms with Crippen LogP contribution in [-0.4, -0.2) is 8.07 Å². The summed E-state index contributed by atoms with van der Waals surface area (Å²) in [5.41, 5.74) is 4.68. The predicted molar refractivity (Wildman–Crippen MR) is 93.4 cm³/mol. The molecule has 2 rings (SSSR count). The van der Waals surface area contributed by atoms with Gasteiger partial charge in [-0.25, -0.2) is 0 Å². The number of fused-ring (bicyclic) bond motifs is 1. The van der Waals surface area contributed by atoms with Gasteiger partial charge < -0.3 is 0 Å². The molecular formula is C19H31Si. The molecule has 0 aromatic heterocycles. The number of rotatable bonds is 6. The molecule has 1 saturated carbocycles. The summed E-state index contributed by atoms with van der Waals surface area (Å²) in [6.07, 6.45) is 13.1. The van der Waals surface area contributed by atoms with Crippen LogP contribution in [0, 0.1) is 5.92 Å². The van der Waals surface area contributed by atoms with Gasteiger partial charge in [-0.05, 0) is 43.3 Å². The maximum absolute atomic E-state index is 4.50. The molecule has 20 heavy (non-hydrogen) atoms. The van der Waals surface area contributed by atoms with Gasteiger partial charge in [0.2, 0.25) is 0 Å². The van der Waals surface area contributed by atoms with Gasteiger partial charge >= 0.3 is 0 Å². The Morgan fingerprint density at radius 2 is 1.85 bits per heavy atom. The molecular weight excluding hydrogens is 256 g/mol. The van der Waals surface area contributed by atoms with E-state index in [9.17, 15) is 0 Å². The predicted octanol–water partition coefficient (Wildman–Crippen LogP) is 6.39. The van der Waals surface area contributed by atoms with Crippen molar-refractivity contribution in [3.63, 3.8) is 0 Å². The van der Waals surface area contributed by atoms with E-state index in [0.717, 1.165) is 0 Å². The zero-order valence-electron chi connectivity index (χ0n) is 13.9. The van der Waals surface area contributed by atoms with Gasteiger partial charge in [0.25, 0.3) is 0 Å². The smallest absolute Gasteiger partial charge is 0.0783 e. The van der Waals surface area contributed by atoms with E-state index in [0.29, 0.717) is 0 Å². The summed E-state index contributed by atoms with van der Waals surface area (Å²) in [5, 5.41) is 1.68. The quantitative estimate of drug-likeness (QED) is 0.392. The van der Waals surface area contributed by atoms with Crippen molar-refractivity contribution in [3.05, 3.63) is 40.5 Å². The summed E-state index contributed by atoms with van der Waals surface area (Å²) in [7, 11) is -1.30. The van der Waals surface area contributed by atoms with E-state index in [2.05, 4.69) is 39.2 Å². The van der Waals surface area contributed by atoms with E-state index < -0.39 is 8.07 Å². The maximum atomic E-state index is 4.50. The normalized spacial score (nSPS) is 20.4. The van der Waals surface area contributed by atoms with Gasteiger partial charge in [-0.1, -0.05) is 69.3 Å². The van der Waals surface area contributed by atoms with Crippen LogP contribution in [0.15, 0.2) is 34.6 Å². The Hall–Kier alpha value is -0.563. The molecule has 0 aliphatic heterocycles. The molecule has 2 aliphatic carbocycles. The van der Waals surface area contributed by atoms with Crippen LogP contribution in [-0.2, 0) is 0 Å². The first kappa shape index (κ1) is 15.8. The van der Waals surface area contributed by atoms with Crippen LogP contribution in [0.2, 0.25) is 19.6 Å². The van der Waals surface area contributed by atoms with Crippen LogP contribution in [0.25, 0.3) is 0 Å². The second kappa shape index (κ2) is 6.47. The first-order valence-electron chi connectivity index (χ1n) is 8.45. The van der Waals surface area contributed by atoms with Crippen molar-refractivity contribution in [2.24, 2.45) is 0 Å². The van der Waals surface area contributed by atoms with Crippen LogP contribution in [0.5, 0.6) is 0 Å². The van der Waals surface area contributed by atoms with Gasteiger partial charge in [0.15, 0.2) is 0 Å². The Morgan fingerprint density at radius 1 is 1.10 bits per heavy atom. The summed E-state index contributed by atoms with van der Waals surface area (Å²) >= 11 is 0. The number of unbranched alkanes of at least 4 members (excludes halogenated alkanes) is 3. The third kappa shape index (κ3) is 3.36. The van der Waals surface area contributed by atoms with Crippen LogP contribution < -0.4 is 0 Å². The van der Waals surface area contributed by atoms with Gasteiger partial charge in [0.05, 0.1) is 8.07 Å². The minimum atomic E-state index is -1.30. The van der Waals surface area contributed by atoms with Crippen molar-refractivity contribution in [3.8, 4) is 0 Å². The molecule has 0 aromatic carbocycles. The minimum Gasteiger partial charge on any atom is -0.0950 e. The summed E-state index contributed by atoms with van der Waals surface area (Å²) in [6.45, 7) is 14.2. The average molecular weight is 288 g/mol. The van der Waals surface area contributed by atoms with Crippen molar-refractivity contribution in [2.45, 2.75) is 77.9 Å². The lowest BCUT2D eigenvalue weighted by atomic mass is 9.85.